The molecule has 0 heterocycles. The summed E-state index contributed by atoms with van der Waals surface area (Å²) < 4.78 is 7.01. The van der Waals surface area contributed by atoms with Crippen LogP contribution in [-0.4, -0.2) is 6.61 Å². The van der Waals surface area contributed by atoms with Gasteiger partial charge in [-0.05, 0) is 70.6 Å². The maximum absolute atomic E-state index is 5.99. The average Bonchev–Trinajstić information content (AvgIpc) is 2.99. The normalized spacial score (nSPS) is 29.8. The van der Waals surface area contributed by atoms with Gasteiger partial charge in [-0.1, -0.05) is 12.5 Å². The highest BCUT2D eigenvalue weighted by Gasteiger charge is 2.39. The van der Waals surface area contributed by atoms with Gasteiger partial charge in [-0.3, -0.25) is 0 Å². The van der Waals surface area contributed by atoms with Crippen LogP contribution in [0.3, 0.4) is 0 Å². The van der Waals surface area contributed by atoms with Gasteiger partial charge in [-0.15, -0.1) is 0 Å². The quantitative estimate of drug-likeness (QED) is 0.920. The van der Waals surface area contributed by atoms with Gasteiger partial charge >= 0.3 is 0 Å². The SMILES string of the molecule is NCc1ccc(OCC2CC3CCC2C3)c(Br)c1. The van der Waals surface area contributed by atoms with Gasteiger partial charge in [0.05, 0.1) is 11.1 Å². The van der Waals surface area contributed by atoms with Crippen LogP contribution >= 0.6 is 15.9 Å². The first-order valence-corrected chi connectivity index (χ1v) is 7.67. The smallest absolute Gasteiger partial charge is 0.133 e. The Balaban J connectivity index is 1.60. The molecule has 2 saturated carbocycles. The van der Waals surface area contributed by atoms with Gasteiger partial charge in [0.1, 0.15) is 5.75 Å². The number of halogens is 1. The molecule has 2 aliphatic rings. The Labute approximate surface area is 117 Å². The van der Waals surface area contributed by atoms with E-state index in [2.05, 4.69) is 22.0 Å². The molecule has 0 radical (unpaired) electrons. The van der Waals surface area contributed by atoms with Gasteiger partial charge in [-0.25, -0.2) is 0 Å². The zero-order valence-corrected chi connectivity index (χ0v) is 12.2. The molecule has 3 unspecified atom stereocenters. The van der Waals surface area contributed by atoms with Crippen molar-refractivity contribution in [2.75, 3.05) is 6.61 Å². The lowest BCUT2D eigenvalue weighted by Gasteiger charge is -2.22. The van der Waals surface area contributed by atoms with Crippen molar-refractivity contribution in [2.45, 2.75) is 32.2 Å². The fourth-order valence-electron chi connectivity index (χ4n) is 3.57. The highest BCUT2D eigenvalue weighted by Crippen LogP contribution is 2.48. The van der Waals surface area contributed by atoms with Crippen molar-refractivity contribution in [2.24, 2.45) is 23.5 Å². The average molecular weight is 310 g/mol. The van der Waals surface area contributed by atoms with Crippen molar-refractivity contribution in [3.05, 3.63) is 28.2 Å². The number of fused-ring (bicyclic) bond motifs is 2. The lowest BCUT2D eigenvalue weighted by atomic mass is 9.89. The first kappa shape index (κ1) is 12.5. The Morgan fingerprint density at radius 2 is 2.17 bits per heavy atom. The predicted molar refractivity (Wildman–Crippen MR) is 76.5 cm³/mol. The van der Waals surface area contributed by atoms with Crippen molar-refractivity contribution >= 4 is 15.9 Å². The maximum atomic E-state index is 5.99. The molecule has 0 aromatic heterocycles. The Morgan fingerprint density at radius 1 is 1.28 bits per heavy atom. The molecule has 98 valence electrons. The third-order valence-corrected chi connectivity index (χ3v) is 5.19. The molecule has 2 bridgehead atoms. The summed E-state index contributed by atoms with van der Waals surface area (Å²) in [6, 6.07) is 6.12. The predicted octanol–water partition coefficient (Wildman–Crippen LogP) is 3.72. The van der Waals surface area contributed by atoms with E-state index in [1.54, 1.807) is 0 Å². The zero-order chi connectivity index (χ0) is 12.5. The summed E-state index contributed by atoms with van der Waals surface area (Å²) in [5.74, 6) is 3.66. The molecule has 0 spiro atoms. The van der Waals surface area contributed by atoms with Crippen LogP contribution in [-0.2, 0) is 6.54 Å². The molecule has 18 heavy (non-hydrogen) atoms. The molecule has 1 aromatic carbocycles. The lowest BCUT2D eigenvalue weighted by Crippen LogP contribution is -2.18. The number of nitrogens with two attached hydrogens (primary N) is 1. The van der Waals surface area contributed by atoms with E-state index in [9.17, 15) is 0 Å². The van der Waals surface area contributed by atoms with Gasteiger partial charge in [-0.2, -0.15) is 0 Å². The van der Waals surface area contributed by atoms with Crippen LogP contribution in [0.4, 0.5) is 0 Å². The van der Waals surface area contributed by atoms with Crippen LogP contribution in [0.25, 0.3) is 0 Å². The zero-order valence-electron chi connectivity index (χ0n) is 10.6. The van der Waals surface area contributed by atoms with Crippen LogP contribution < -0.4 is 10.5 Å². The minimum Gasteiger partial charge on any atom is -0.492 e. The van der Waals surface area contributed by atoms with Gasteiger partial charge in [0.25, 0.3) is 0 Å². The van der Waals surface area contributed by atoms with Crippen molar-refractivity contribution in [1.29, 1.82) is 0 Å². The molecule has 3 heteroatoms. The molecule has 0 amide bonds. The molecule has 2 aliphatic carbocycles. The highest BCUT2D eigenvalue weighted by atomic mass is 79.9. The molecular formula is C15H20BrNO. The second-order valence-corrected chi connectivity index (χ2v) is 6.57. The monoisotopic (exact) mass is 309 g/mol. The molecular weight excluding hydrogens is 290 g/mol. The van der Waals surface area contributed by atoms with E-state index in [-0.39, 0.29) is 0 Å². The molecule has 0 saturated heterocycles. The van der Waals surface area contributed by atoms with Gasteiger partial charge < -0.3 is 10.5 Å². The van der Waals surface area contributed by atoms with Crippen molar-refractivity contribution in [3.63, 3.8) is 0 Å². The molecule has 3 atom stereocenters. The van der Waals surface area contributed by atoms with E-state index in [4.69, 9.17) is 10.5 Å². The first-order valence-electron chi connectivity index (χ1n) is 6.87. The third-order valence-electron chi connectivity index (χ3n) is 4.57. The second-order valence-electron chi connectivity index (χ2n) is 5.71. The standard InChI is InChI=1S/C15H20BrNO/c16-14-7-11(8-17)2-4-15(14)18-9-13-6-10-1-3-12(13)5-10/h2,4,7,10,12-13H,1,3,5-6,8-9,17H2. The number of ether oxygens (including phenoxy) is 1. The van der Waals surface area contributed by atoms with E-state index in [0.29, 0.717) is 6.54 Å². The first-order chi connectivity index (χ1) is 8.76. The Kier molecular flexibility index (Phi) is 3.62. The van der Waals surface area contributed by atoms with E-state index in [0.717, 1.165) is 40.1 Å². The van der Waals surface area contributed by atoms with Crippen LogP contribution in [0.1, 0.15) is 31.2 Å². The summed E-state index contributed by atoms with van der Waals surface area (Å²) in [5, 5.41) is 0. The van der Waals surface area contributed by atoms with E-state index >= 15 is 0 Å². The van der Waals surface area contributed by atoms with Crippen molar-refractivity contribution in [1.82, 2.24) is 0 Å². The second kappa shape index (κ2) is 5.22. The van der Waals surface area contributed by atoms with Crippen LogP contribution in [0.5, 0.6) is 5.75 Å². The van der Waals surface area contributed by atoms with E-state index in [1.165, 1.54) is 25.7 Å². The van der Waals surface area contributed by atoms with Crippen LogP contribution in [0.15, 0.2) is 22.7 Å². The minimum atomic E-state index is 0.575. The van der Waals surface area contributed by atoms with Crippen molar-refractivity contribution in [3.8, 4) is 5.75 Å². The van der Waals surface area contributed by atoms with Gasteiger partial charge in [0.15, 0.2) is 0 Å². The maximum Gasteiger partial charge on any atom is 0.133 e. The van der Waals surface area contributed by atoms with Crippen LogP contribution in [0, 0.1) is 17.8 Å². The summed E-state index contributed by atoms with van der Waals surface area (Å²) in [5.41, 5.74) is 6.76. The topological polar surface area (TPSA) is 35.2 Å². The summed E-state index contributed by atoms with van der Waals surface area (Å²) >= 11 is 3.56. The summed E-state index contributed by atoms with van der Waals surface area (Å²) in [6.45, 7) is 1.45. The molecule has 3 rings (SSSR count). The highest BCUT2D eigenvalue weighted by molar-refractivity contribution is 9.10. The minimum absolute atomic E-state index is 0.575. The summed E-state index contributed by atoms with van der Waals surface area (Å²) in [6.07, 6.45) is 5.70. The number of hydrogen-bond acceptors (Lipinski definition) is 2. The fourth-order valence-corrected chi connectivity index (χ4v) is 4.11. The molecule has 2 nitrogen and oxygen atoms in total. The van der Waals surface area contributed by atoms with E-state index in [1.807, 2.05) is 12.1 Å². The summed E-state index contributed by atoms with van der Waals surface area (Å²) in [4.78, 5) is 0. The largest absolute Gasteiger partial charge is 0.492 e. The third kappa shape index (κ3) is 2.43. The van der Waals surface area contributed by atoms with E-state index < -0.39 is 0 Å². The molecule has 2 fully saturated rings. The number of rotatable bonds is 4. The summed E-state index contributed by atoms with van der Waals surface area (Å²) in [7, 11) is 0. The molecule has 1 aromatic rings. The van der Waals surface area contributed by atoms with Crippen molar-refractivity contribution < 1.29 is 4.74 Å². The molecule has 0 aliphatic heterocycles. The van der Waals surface area contributed by atoms with Gasteiger partial charge in [0, 0.05) is 6.54 Å². The number of benzene rings is 1. The number of hydrogen-bond donors (Lipinski definition) is 1. The fraction of sp³-hybridized carbons (Fsp3) is 0.600. The Morgan fingerprint density at radius 3 is 2.78 bits per heavy atom. The Bertz CT molecular complexity index is 435. The molecule has 2 N–H and O–H groups in total. The van der Waals surface area contributed by atoms with Crippen LogP contribution in [0.2, 0.25) is 0 Å². The Hall–Kier alpha value is -0.540. The lowest BCUT2D eigenvalue weighted by molar-refractivity contribution is 0.194. The van der Waals surface area contributed by atoms with Gasteiger partial charge in [0.2, 0.25) is 0 Å².